The number of morpholine rings is 1. The number of rotatable bonds is 2. The number of aromatic nitrogens is 2. The molecular weight excluding hydrogens is 311 g/mol. The first-order valence-corrected chi connectivity index (χ1v) is 7.88. The highest BCUT2D eigenvalue weighted by Gasteiger charge is 2.32. The molecule has 6 nitrogen and oxygen atoms in total. The standard InChI is InChI=1S/C17H21FN4O2/c1-11-16(12(2)21(3)20-11)15-10-24-8-7-22(15)17(23)19-14-6-4-5-13(18)9-14/h4-6,9,15H,7-8,10H2,1-3H3,(H,19,23)/t15-/m0/s1. The molecule has 0 saturated carbocycles. The lowest BCUT2D eigenvalue weighted by molar-refractivity contribution is 0.0143. The number of nitrogens with zero attached hydrogens (tertiary/aromatic N) is 3. The number of hydrogen-bond acceptors (Lipinski definition) is 3. The summed E-state index contributed by atoms with van der Waals surface area (Å²) in [5.41, 5.74) is 3.33. The third-order valence-corrected chi connectivity index (χ3v) is 4.36. The number of ether oxygens (including phenoxy) is 1. The molecule has 1 atom stereocenters. The average Bonchev–Trinajstić information content (AvgIpc) is 2.80. The Balaban J connectivity index is 1.85. The minimum absolute atomic E-state index is 0.207. The van der Waals surface area contributed by atoms with E-state index in [0.717, 1.165) is 17.0 Å². The van der Waals surface area contributed by atoms with E-state index in [9.17, 15) is 9.18 Å². The first-order valence-electron chi connectivity index (χ1n) is 7.88. The summed E-state index contributed by atoms with van der Waals surface area (Å²) in [6.07, 6.45) is 0. The smallest absolute Gasteiger partial charge is 0.322 e. The molecule has 1 aliphatic rings. The molecule has 1 saturated heterocycles. The maximum atomic E-state index is 13.3. The Labute approximate surface area is 140 Å². The topological polar surface area (TPSA) is 59.4 Å². The third-order valence-electron chi connectivity index (χ3n) is 4.36. The predicted octanol–water partition coefficient (Wildman–Crippen LogP) is 2.78. The molecule has 3 rings (SSSR count). The number of urea groups is 1. The number of carbonyl (C=O) groups excluding carboxylic acids is 1. The van der Waals surface area contributed by atoms with Gasteiger partial charge in [-0.25, -0.2) is 9.18 Å². The molecule has 2 amide bonds. The highest BCUT2D eigenvalue weighted by atomic mass is 19.1. The van der Waals surface area contributed by atoms with Crippen LogP contribution in [0.25, 0.3) is 0 Å². The minimum atomic E-state index is -0.384. The van der Waals surface area contributed by atoms with E-state index in [4.69, 9.17) is 4.74 Å². The van der Waals surface area contributed by atoms with Crippen molar-refractivity contribution in [3.8, 4) is 0 Å². The largest absolute Gasteiger partial charge is 0.377 e. The Morgan fingerprint density at radius 2 is 2.21 bits per heavy atom. The summed E-state index contributed by atoms with van der Waals surface area (Å²) in [5.74, 6) is -0.384. The summed E-state index contributed by atoms with van der Waals surface area (Å²) in [6.45, 7) is 5.28. The molecule has 1 aromatic carbocycles. The van der Waals surface area contributed by atoms with E-state index < -0.39 is 0 Å². The van der Waals surface area contributed by atoms with Crippen LogP contribution in [0.5, 0.6) is 0 Å². The summed E-state index contributed by atoms with van der Waals surface area (Å²) >= 11 is 0. The summed E-state index contributed by atoms with van der Waals surface area (Å²) in [6, 6.07) is 5.40. The van der Waals surface area contributed by atoms with Crippen molar-refractivity contribution < 1.29 is 13.9 Å². The molecule has 128 valence electrons. The first kappa shape index (κ1) is 16.4. The highest BCUT2D eigenvalue weighted by Crippen LogP contribution is 2.29. The molecule has 0 unspecified atom stereocenters. The van der Waals surface area contributed by atoms with Gasteiger partial charge in [0.1, 0.15) is 5.82 Å². The van der Waals surface area contributed by atoms with Crippen LogP contribution in [-0.4, -0.2) is 40.5 Å². The maximum Gasteiger partial charge on any atom is 0.322 e. The zero-order valence-corrected chi connectivity index (χ0v) is 14.0. The number of aryl methyl sites for hydroxylation is 2. The van der Waals surface area contributed by atoms with Gasteiger partial charge >= 0.3 is 6.03 Å². The molecule has 2 heterocycles. The Bertz CT molecular complexity index is 759. The van der Waals surface area contributed by atoms with Gasteiger partial charge in [-0.2, -0.15) is 5.10 Å². The fourth-order valence-electron chi connectivity index (χ4n) is 3.12. The van der Waals surface area contributed by atoms with Gasteiger partial charge in [0.2, 0.25) is 0 Å². The van der Waals surface area contributed by atoms with E-state index in [1.54, 1.807) is 17.0 Å². The number of amides is 2. The van der Waals surface area contributed by atoms with Gasteiger partial charge in [-0.3, -0.25) is 4.68 Å². The summed E-state index contributed by atoms with van der Waals surface area (Å²) in [4.78, 5) is 14.4. The van der Waals surface area contributed by atoms with Crippen molar-refractivity contribution in [1.29, 1.82) is 0 Å². The molecule has 24 heavy (non-hydrogen) atoms. The number of halogens is 1. The van der Waals surface area contributed by atoms with Crippen LogP contribution in [0.4, 0.5) is 14.9 Å². The van der Waals surface area contributed by atoms with Gasteiger partial charge in [0.05, 0.1) is 24.9 Å². The van der Waals surface area contributed by atoms with E-state index in [0.29, 0.717) is 25.4 Å². The normalized spacial score (nSPS) is 17.8. The van der Waals surface area contributed by atoms with Gasteiger partial charge < -0.3 is 15.0 Å². The second-order valence-electron chi connectivity index (χ2n) is 5.93. The SMILES string of the molecule is Cc1nn(C)c(C)c1[C@@H]1COCCN1C(=O)Nc1cccc(F)c1. The molecule has 1 N–H and O–H groups in total. The zero-order valence-electron chi connectivity index (χ0n) is 14.0. The number of nitrogens with one attached hydrogen (secondary N) is 1. The lowest BCUT2D eigenvalue weighted by atomic mass is 10.0. The Kier molecular flexibility index (Phi) is 4.53. The second kappa shape index (κ2) is 6.60. The number of carbonyl (C=O) groups is 1. The Hall–Kier alpha value is -2.41. The van der Waals surface area contributed by atoms with Crippen LogP contribution in [0, 0.1) is 19.7 Å². The van der Waals surface area contributed by atoms with Crippen molar-refractivity contribution in [3.05, 3.63) is 47.0 Å². The average molecular weight is 332 g/mol. The number of hydrogen-bond donors (Lipinski definition) is 1. The van der Waals surface area contributed by atoms with Crippen LogP contribution < -0.4 is 5.32 Å². The van der Waals surface area contributed by atoms with Crippen LogP contribution in [0.15, 0.2) is 24.3 Å². The van der Waals surface area contributed by atoms with E-state index in [-0.39, 0.29) is 17.9 Å². The molecule has 0 aliphatic carbocycles. The van der Waals surface area contributed by atoms with Crippen molar-refractivity contribution in [2.45, 2.75) is 19.9 Å². The van der Waals surface area contributed by atoms with Crippen molar-refractivity contribution in [2.75, 3.05) is 25.1 Å². The van der Waals surface area contributed by atoms with Gasteiger partial charge in [0, 0.05) is 30.5 Å². The third kappa shape index (κ3) is 3.12. The lowest BCUT2D eigenvalue weighted by Gasteiger charge is -2.36. The van der Waals surface area contributed by atoms with Crippen LogP contribution in [0.1, 0.15) is 23.0 Å². The molecule has 0 spiro atoms. The summed E-state index contributed by atoms with van der Waals surface area (Å²) in [7, 11) is 1.88. The second-order valence-corrected chi connectivity index (χ2v) is 5.93. The molecule has 2 aromatic rings. The molecule has 1 fully saturated rings. The molecule has 1 aromatic heterocycles. The van der Waals surface area contributed by atoms with Gasteiger partial charge in [-0.1, -0.05) is 6.07 Å². The molecule has 1 aliphatic heterocycles. The van der Waals surface area contributed by atoms with Gasteiger partial charge in [0.15, 0.2) is 0 Å². The minimum Gasteiger partial charge on any atom is -0.377 e. The molecular formula is C17H21FN4O2. The van der Waals surface area contributed by atoms with Crippen LogP contribution in [0.3, 0.4) is 0 Å². The van der Waals surface area contributed by atoms with Gasteiger partial charge in [-0.15, -0.1) is 0 Å². The molecule has 0 bridgehead atoms. The van der Waals surface area contributed by atoms with Crippen LogP contribution in [0.2, 0.25) is 0 Å². The van der Waals surface area contributed by atoms with Crippen LogP contribution >= 0.6 is 0 Å². The maximum absolute atomic E-state index is 13.3. The van der Waals surface area contributed by atoms with E-state index >= 15 is 0 Å². The van der Waals surface area contributed by atoms with E-state index in [1.165, 1.54) is 12.1 Å². The first-order chi connectivity index (χ1) is 11.5. The fraction of sp³-hybridized carbons (Fsp3) is 0.412. The lowest BCUT2D eigenvalue weighted by Crippen LogP contribution is -2.45. The van der Waals surface area contributed by atoms with Crippen molar-refractivity contribution in [1.82, 2.24) is 14.7 Å². The molecule has 7 heteroatoms. The van der Waals surface area contributed by atoms with Crippen LogP contribution in [-0.2, 0) is 11.8 Å². The van der Waals surface area contributed by atoms with Crippen molar-refractivity contribution in [3.63, 3.8) is 0 Å². The van der Waals surface area contributed by atoms with Gasteiger partial charge in [-0.05, 0) is 32.0 Å². The van der Waals surface area contributed by atoms with Crippen molar-refractivity contribution >= 4 is 11.7 Å². The fourth-order valence-corrected chi connectivity index (χ4v) is 3.12. The van der Waals surface area contributed by atoms with E-state index in [2.05, 4.69) is 10.4 Å². The van der Waals surface area contributed by atoms with Gasteiger partial charge in [0.25, 0.3) is 0 Å². The van der Waals surface area contributed by atoms with E-state index in [1.807, 2.05) is 25.6 Å². The summed E-state index contributed by atoms with van der Waals surface area (Å²) < 4.78 is 20.7. The Morgan fingerprint density at radius 1 is 1.42 bits per heavy atom. The number of benzene rings is 1. The van der Waals surface area contributed by atoms with Crippen molar-refractivity contribution in [2.24, 2.45) is 7.05 Å². The monoisotopic (exact) mass is 332 g/mol. The predicted molar refractivity (Wildman–Crippen MR) is 88.4 cm³/mol. The highest BCUT2D eigenvalue weighted by molar-refractivity contribution is 5.89. The Morgan fingerprint density at radius 3 is 2.88 bits per heavy atom. The molecule has 0 radical (unpaired) electrons. The summed E-state index contributed by atoms with van der Waals surface area (Å²) in [5, 5.41) is 7.19. The zero-order chi connectivity index (χ0) is 17.3. The number of anilines is 1. The quantitative estimate of drug-likeness (QED) is 0.920.